The van der Waals surface area contributed by atoms with Crippen LogP contribution in [0.2, 0.25) is 0 Å². The average molecular weight is 372 g/mol. The van der Waals surface area contributed by atoms with Crippen molar-refractivity contribution in [3.8, 4) is 0 Å². The summed E-state index contributed by atoms with van der Waals surface area (Å²) in [7, 11) is 0. The van der Waals surface area contributed by atoms with Gasteiger partial charge in [0.2, 0.25) is 5.91 Å². The highest BCUT2D eigenvalue weighted by molar-refractivity contribution is 5.97. The molecule has 0 aliphatic carbocycles. The van der Waals surface area contributed by atoms with E-state index in [4.69, 9.17) is 4.74 Å². The Morgan fingerprint density at radius 1 is 1.31 bits per heavy atom. The van der Waals surface area contributed by atoms with Crippen molar-refractivity contribution >= 4 is 17.5 Å². The predicted molar refractivity (Wildman–Crippen MR) is 91.0 cm³/mol. The largest absolute Gasteiger partial charge is 0.413 e. The van der Waals surface area contributed by atoms with Crippen molar-refractivity contribution in [3.63, 3.8) is 0 Å². The molecule has 2 N–H and O–H groups in total. The fourth-order valence-corrected chi connectivity index (χ4v) is 2.76. The van der Waals surface area contributed by atoms with Gasteiger partial charge in [-0.05, 0) is 36.6 Å². The number of hydrogen-bond donors (Lipinski definition) is 2. The summed E-state index contributed by atoms with van der Waals surface area (Å²) in [6.45, 7) is 4.87. The number of ether oxygens (including phenoxy) is 1. The fourth-order valence-electron chi connectivity index (χ4n) is 2.76. The minimum atomic E-state index is -4.60. The zero-order valence-electron chi connectivity index (χ0n) is 15.0. The maximum atomic E-state index is 13.3. The summed E-state index contributed by atoms with van der Waals surface area (Å²) in [5.41, 5.74) is -1.14. The van der Waals surface area contributed by atoms with Gasteiger partial charge in [0, 0.05) is 30.7 Å². The summed E-state index contributed by atoms with van der Waals surface area (Å²) in [6.07, 6.45) is -4.56. The zero-order chi connectivity index (χ0) is 19.5. The highest BCUT2D eigenvalue weighted by Gasteiger charge is 2.58. The van der Waals surface area contributed by atoms with Crippen LogP contribution < -0.4 is 10.6 Å². The number of benzene rings is 1. The quantitative estimate of drug-likeness (QED) is 0.832. The highest BCUT2D eigenvalue weighted by Crippen LogP contribution is 2.37. The van der Waals surface area contributed by atoms with Crippen molar-refractivity contribution in [2.24, 2.45) is 5.92 Å². The van der Waals surface area contributed by atoms with Crippen molar-refractivity contribution in [1.29, 1.82) is 0 Å². The molecule has 144 valence electrons. The molecule has 0 radical (unpaired) electrons. The Hall–Kier alpha value is -2.09. The first-order valence-electron chi connectivity index (χ1n) is 8.41. The maximum absolute atomic E-state index is 13.3. The van der Waals surface area contributed by atoms with E-state index in [1.54, 1.807) is 6.92 Å². The summed E-state index contributed by atoms with van der Waals surface area (Å²) < 4.78 is 44.9. The molecular formula is C18H23F3N2O3. The Morgan fingerprint density at radius 2 is 2.00 bits per heavy atom. The Bertz CT molecular complexity index is 681. The Labute approximate surface area is 150 Å². The van der Waals surface area contributed by atoms with Gasteiger partial charge in [-0.15, -0.1) is 0 Å². The van der Waals surface area contributed by atoms with Crippen molar-refractivity contribution in [2.75, 3.05) is 18.5 Å². The van der Waals surface area contributed by atoms with E-state index in [1.165, 1.54) is 18.2 Å². The van der Waals surface area contributed by atoms with E-state index in [2.05, 4.69) is 10.6 Å². The number of carbonyl (C=O) groups excluding carboxylic acids is 2. The minimum absolute atomic E-state index is 0.0559. The highest BCUT2D eigenvalue weighted by atomic mass is 19.4. The van der Waals surface area contributed by atoms with Gasteiger partial charge in [0.1, 0.15) is 0 Å². The van der Waals surface area contributed by atoms with Crippen LogP contribution in [-0.4, -0.2) is 36.7 Å². The lowest BCUT2D eigenvalue weighted by atomic mass is 9.97. The van der Waals surface area contributed by atoms with Crippen LogP contribution in [0.25, 0.3) is 0 Å². The third-order valence-corrected chi connectivity index (χ3v) is 4.27. The lowest BCUT2D eigenvalue weighted by Crippen LogP contribution is -2.59. The Balaban J connectivity index is 2.13. The Morgan fingerprint density at radius 3 is 2.50 bits per heavy atom. The molecule has 0 bridgehead atoms. The van der Waals surface area contributed by atoms with Crippen LogP contribution in [0.15, 0.2) is 18.2 Å². The number of anilines is 1. The number of amides is 2. The number of halogens is 3. The van der Waals surface area contributed by atoms with E-state index in [-0.39, 0.29) is 30.4 Å². The van der Waals surface area contributed by atoms with Crippen molar-refractivity contribution < 1.29 is 27.5 Å². The summed E-state index contributed by atoms with van der Waals surface area (Å²) in [4.78, 5) is 24.2. The molecule has 1 fully saturated rings. The second-order valence-corrected chi connectivity index (χ2v) is 7.01. The Kier molecular flexibility index (Phi) is 5.95. The predicted octanol–water partition coefficient (Wildman–Crippen LogP) is 3.43. The van der Waals surface area contributed by atoms with Gasteiger partial charge >= 0.3 is 6.18 Å². The van der Waals surface area contributed by atoms with Crippen LogP contribution in [0.1, 0.15) is 42.6 Å². The van der Waals surface area contributed by atoms with Crippen LogP contribution >= 0.6 is 0 Å². The molecule has 1 aliphatic rings. The standard InChI is InChI=1S/C18H23F3N2O3/c1-11(2)8-15(24)22-14-5-4-13(9-12(14)3)16(25)23-17(18(19,20)21)6-7-26-10-17/h4-5,9,11H,6-8,10H2,1-3H3,(H,22,24)(H,23,25). The first-order valence-corrected chi connectivity index (χ1v) is 8.41. The normalized spacial score (nSPS) is 20.3. The van der Waals surface area contributed by atoms with E-state index >= 15 is 0 Å². The van der Waals surface area contributed by atoms with E-state index in [0.29, 0.717) is 17.7 Å². The van der Waals surface area contributed by atoms with Gasteiger partial charge in [-0.3, -0.25) is 9.59 Å². The number of aryl methyl sites for hydroxylation is 1. The third-order valence-electron chi connectivity index (χ3n) is 4.27. The average Bonchev–Trinajstić information content (AvgIpc) is 2.98. The molecule has 1 aliphatic heterocycles. The van der Waals surface area contributed by atoms with Crippen LogP contribution in [0.4, 0.5) is 18.9 Å². The SMILES string of the molecule is Cc1cc(C(=O)NC2(C(F)(F)F)CCOC2)ccc1NC(=O)CC(C)C. The molecule has 1 saturated heterocycles. The molecule has 2 amide bonds. The van der Waals surface area contributed by atoms with Gasteiger partial charge < -0.3 is 15.4 Å². The second kappa shape index (κ2) is 7.65. The molecule has 1 aromatic carbocycles. The first kappa shape index (κ1) is 20.2. The van der Waals surface area contributed by atoms with E-state index < -0.39 is 24.2 Å². The van der Waals surface area contributed by atoms with Crippen LogP contribution in [0, 0.1) is 12.8 Å². The molecule has 0 aromatic heterocycles. The smallest absolute Gasteiger partial charge is 0.379 e. The van der Waals surface area contributed by atoms with E-state index in [9.17, 15) is 22.8 Å². The molecule has 5 nitrogen and oxygen atoms in total. The van der Waals surface area contributed by atoms with Crippen LogP contribution in [-0.2, 0) is 9.53 Å². The topological polar surface area (TPSA) is 67.4 Å². The zero-order valence-corrected chi connectivity index (χ0v) is 15.0. The molecule has 2 rings (SSSR count). The molecular weight excluding hydrogens is 349 g/mol. The number of alkyl halides is 3. The minimum Gasteiger partial charge on any atom is -0.379 e. The second-order valence-electron chi connectivity index (χ2n) is 7.01. The molecule has 0 saturated carbocycles. The number of nitrogens with one attached hydrogen (secondary N) is 2. The summed E-state index contributed by atoms with van der Waals surface area (Å²) in [5.74, 6) is -0.775. The third kappa shape index (κ3) is 4.55. The van der Waals surface area contributed by atoms with E-state index in [1.807, 2.05) is 13.8 Å². The van der Waals surface area contributed by atoms with Crippen LogP contribution in [0.5, 0.6) is 0 Å². The monoisotopic (exact) mass is 372 g/mol. The van der Waals surface area contributed by atoms with Gasteiger partial charge in [-0.2, -0.15) is 13.2 Å². The number of rotatable bonds is 5. The molecule has 8 heteroatoms. The van der Waals surface area contributed by atoms with Crippen molar-refractivity contribution in [1.82, 2.24) is 5.32 Å². The lowest BCUT2D eigenvalue weighted by molar-refractivity contribution is -0.192. The molecule has 1 aromatic rings. The van der Waals surface area contributed by atoms with Gasteiger partial charge in [-0.25, -0.2) is 0 Å². The van der Waals surface area contributed by atoms with Gasteiger partial charge in [-0.1, -0.05) is 13.8 Å². The molecule has 26 heavy (non-hydrogen) atoms. The van der Waals surface area contributed by atoms with Crippen LogP contribution in [0.3, 0.4) is 0 Å². The molecule has 1 heterocycles. The van der Waals surface area contributed by atoms with Crippen molar-refractivity contribution in [2.45, 2.75) is 45.3 Å². The van der Waals surface area contributed by atoms with Gasteiger partial charge in [0.05, 0.1) is 6.61 Å². The fraction of sp³-hybridized carbons (Fsp3) is 0.556. The number of carbonyl (C=O) groups is 2. The van der Waals surface area contributed by atoms with E-state index in [0.717, 1.165) is 0 Å². The van der Waals surface area contributed by atoms with Gasteiger partial charge in [0.25, 0.3) is 5.91 Å². The summed E-state index contributed by atoms with van der Waals surface area (Å²) in [5, 5.41) is 4.83. The first-order chi connectivity index (χ1) is 12.0. The number of hydrogen-bond acceptors (Lipinski definition) is 3. The summed E-state index contributed by atoms with van der Waals surface area (Å²) >= 11 is 0. The van der Waals surface area contributed by atoms with Gasteiger partial charge in [0.15, 0.2) is 5.54 Å². The molecule has 1 atom stereocenters. The summed E-state index contributed by atoms with van der Waals surface area (Å²) in [6, 6.07) is 4.38. The lowest BCUT2D eigenvalue weighted by Gasteiger charge is -2.31. The van der Waals surface area contributed by atoms with Crippen molar-refractivity contribution in [3.05, 3.63) is 29.3 Å². The maximum Gasteiger partial charge on any atom is 0.413 e. The molecule has 0 spiro atoms. The molecule has 1 unspecified atom stereocenters.